The zero-order valence-corrected chi connectivity index (χ0v) is 9.32. The van der Waals surface area contributed by atoms with Crippen molar-refractivity contribution in [2.45, 2.75) is 6.54 Å². The second kappa shape index (κ2) is 3.67. The third-order valence-electron chi connectivity index (χ3n) is 2.27. The molecule has 0 aliphatic carbocycles. The fourth-order valence-electron chi connectivity index (χ4n) is 1.56. The molecule has 7 nitrogen and oxygen atoms in total. The molecule has 0 bridgehead atoms. The van der Waals surface area contributed by atoms with Gasteiger partial charge in [0.15, 0.2) is 0 Å². The van der Waals surface area contributed by atoms with Gasteiger partial charge in [0.1, 0.15) is 4.83 Å². The van der Waals surface area contributed by atoms with Gasteiger partial charge in [0.05, 0.1) is 18.1 Å². The van der Waals surface area contributed by atoms with E-state index in [2.05, 4.69) is 20.3 Å². The number of hydrogen-bond donors (Lipinski definition) is 2. The van der Waals surface area contributed by atoms with Crippen molar-refractivity contribution in [3.8, 4) is 0 Å². The maximum Gasteiger partial charge on any atom is 0.326 e. The van der Waals surface area contributed by atoms with Gasteiger partial charge in [-0.1, -0.05) is 5.21 Å². The highest BCUT2D eigenvalue weighted by molar-refractivity contribution is 7.18. The van der Waals surface area contributed by atoms with Crippen molar-refractivity contribution in [2.75, 3.05) is 0 Å². The van der Waals surface area contributed by atoms with Gasteiger partial charge >= 0.3 is 5.69 Å². The molecule has 3 heterocycles. The lowest BCUT2D eigenvalue weighted by Gasteiger charge is -1.93. The summed E-state index contributed by atoms with van der Waals surface area (Å²) in [6.45, 7) is 0.529. The van der Waals surface area contributed by atoms with Gasteiger partial charge in [-0.2, -0.15) is 0 Å². The number of H-pyrrole nitrogens is 2. The summed E-state index contributed by atoms with van der Waals surface area (Å²) < 4.78 is 1.65. The van der Waals surface area contributed by atoms with Crippen LogP contribution >= 0.6 is 11.3 Å². The number of aromatic amines is 2. The summed E-state index contributed by atoms with van der Waals surface area (Å²) in [7, 11) is 0. The fraction of sp³-hybridized carbons (Fsp3) is 0.111. The molecule has 2 N–H and O–H groups in total. The number of nitrogens with zero attached hydrogens (tertiary/aromatic N) is 3. The molecule has 17 heavy (non-hydrogen) atoms. The van der Waals surface area contributed by atoms with Crippen LogP contribution in [0.1, 0.15) is 4.88 Å². The summed E-state index contributed by atoms with van der Waals surface area (Å²) in [5.74, 6) is 0. The topological polar surface area (TPSA) is 96.4 Å². The highest BCUT2D eigenvalue weighted by Crippen LogP contribution is 2.20. The Hall–Kier alpha value is -2.22. The Morgan fingerprint density at radius 1 is 1.35 bits per heavy atom. The van der Waals surface area contributed by atoms with Crippen LogP contribution in [0.4, 0.5) is 0 Å². The molecule has 0 aliphatic rings. The predicted molar refractivity (Wildman–Crippen MR) is 62.2 cm³/mol. The van der Waals surface area contributed by atoms with Gasteiger partial charge in [-0.05, 0) is 6.07 Å². The Morgan fingerprint density at radius 2 is 2.24 bits per heavy atom. The van der Waals surface area contributed by atoms with Gasteiger partial charge in [-0.25, -0.2) is 9.48 Å². The molecule has 0 unspecified atom stereocenters. The third-order valence-corrected chi connectivity index (χ3v) is 3.31. The molecule has 3 aromatic rings. The zero-order valence-electron chi connectivity index (χ0n) is 8.51. The molecular formula is C9H7N5O2S. The second-order valence-electron chi connectivity index (χ2n) is 3.46. The molecular weight excluding hydrogens is 242 g/mol. The molecule has 86 valence electrons. The average Bonchev–Trinajstić information content (AvgIpc) is 2.87. The van der Waals surface area contributed by atoms with Crippen molar-refractivity contribution in [3.63, 3.8) is 0 Å². The summed E-state index contributed by atoms with van der Waals surface area (Å²) in [4.78, 5) is 28.9. The van der Waals surface area contributed by atoms with E-state index < -0.39 is 5.69 Å². The van der Waals surface area contributed by atoms with E-state index in [-0.39, 0.29) is 5.56 Å². The third kappa shape index (κ3) is 1.78. The van der Waals surface area contributed by atoms with Gasteiger partial charge in [0.25, 0.3) is 5.56 Å². The number of thiophene rings is 1. The van der Waals surface area contributed by atoms with E-state index in [1.165, 1.54) is 11.3 Å². The highest BCUT2D eigenvalue weighted by atomic mass is 32.1. The van der Waals surface area contributed by atoms with Crippen LogP contribution in [0.2, 0.25) is 0 Å². The van der Waals surface area contributed by atoms with Gasteiger partial charge < -0.3 is 0 Å². The van der Waals surface area contributed by atoms with E-state index in [0.29, 0.717) is 16.8 Å². The van der Waals surface area contributed by atoms with Crippen LogP contribution in [0.15, 0.2) is 28.0 Å². The van der Waals surface area contributed by atoms with Gasteiger partial charge in [0, 0.05) is 11.1 Å². The van der Waals surface area contributed by atoms with Crippen molar-refractivity contribution in [1.82, 2.24) is 25.0 Å². The van der Waals surface area contributed by atoms with Gasteiger partial charge in [-0.3, -0.25) is 14.8 Å². The lowest BCUT2D eigenvalue weighted by atomic mass is 10.3. The smallest absolute Gasteiger partial charge is 0.298 e. The quantitative estimate of drug-likeness (QED) is 0.663. The molecule has 0 atom stereocenters. The van der Waals surface area contributed by atoms with Gasteiger partial charge in [-0.15, -0.1) is 16.4 Å². The van der Waals surface area contributed by atoms with Crippen LogP contribution in [0.5, 0.6) is 0 Å². The molecule has 8 heteroatoms. The maximum atomic E-state index is 11.5. The lowest BCUT2D eigenvalue weighted by molar-refractivity contribution is 0.656. The maximum absolute atomic E-state index is 11.5. The molecule has 0 fully saturated rings. The first-order valence-electron chi connectivity index (χ1n) is 4.81. The molecule has 0 saturated heterocycles. The van der Waals surface area contributed by atoms with E-state index in [0.717, 1.165) is 4.88 Å². The first-order valence-corrected chi connectivity index (χ1v) is 5.63. The number of nitrogens with one attached hydrogen (secondary N) is 2. The summed E-state index contributed by atoms with van der Waals surface area (Å²) >= 11 is 1.36. The molecule has 0 aliphatic heterocycles. The van der Waals surface area contributed by atoms with Crippen LogP contribution in [0.25, 0.3) is 10.2 Å². The van der Waals surface area contributed by atoms with Crippen LogP contribution in [0.3, 0.4) is 0 Å². The Kier molecular flexibility index (Phi) is 2.15. The molecule has 3 rings (SSSR count). The summed E-state index contributed by atoms with van der Waals surface area (Å²) in [5.41, 5.74) is -0.860. The Balaban J connectivity index is 2.11. The van der Waals surface area contributed by atoms with Crippen LogP contribution in [-0.2, 0) is 6.54 Å². The zero-order chi connectivity index (χ0) is 11.8. The second-order valence-corrected chi connectivity index (χ2v) is 4.60. The van der Waals surface area contributed by atoms with Crippen molar-refractivity contribution in [3.05, 3.63) is 44.2 Å². The minimum atomic E-state index is -0.489. The molecule has 0 aromatic carbocycles. The number of aromatic nitrogens is 5. The standard InChI is InChI=1S/C9H7N5O2S/c15-7-6-3-5(4-14-2-1-10-13-14)17-8(6)12-9(16)11-7/h1-3H,4H2,(H2,11,12,15,16). The number of hydrogen-bond acceptors (Lipinski definition) is 5. The van der Waals surface area contributed by atoms with Crippen molar-refractivity contribution >= 4 is 21.6 Å². The van der Waals surface area contributed by atoms with E-state index in [9.17, 15) is 9.59 Å². The lowest BCUT2D eigenvalue weighted by Crippen LogP contribution is -2.20. The SMILES string of the molecule is O=c1[nH]c(=O)c2cc(Cn3ccnn3)sc2[nH]1. The van der Waals surface area contributed by atoms with Crippen LogP contribution < -0.4 is 11.2 Å². The minimum absolute atomic E-state index is 0.371. The Bertz CT molecular complexity index is 767. The Morgan fingerprint density at radius 3 is 3.00 bits per heavy atom. The summed E-state index contributed by atoms with van der Waals surface area (Å²) in [5, 5.41) is 8.02. The average molecular weight is 249 g/mol. The monoisotopic (exact) mass is 249 g/mol. The van der Waals surface area contributed by atoms with Crippen molar-refractivity contribution in [2.24, 2.45) is 0 Å². The summed E-state index contributed by atoms with van der Waals surface area (Å²) in [6, 6.07) is 1.75. The van der Waals surface area contributed by atoms with Crippen molar-refractivity contribution < 1.29 is 0 Å². The van der Waals surface area contributed by atoms with E-state index >= 15 is 0 Å². The first-order chi connectivity index (χ1) is 8.22. The molecule has 0 saturated carbocycles. The first kappa shape index (κ1) is 9.97. The molecule has 0 spiro atoms. The number of fused-ring (bicyclic) bond motifs is 1. The molecule has 0 amide bonds. The van der Waals surface area contributed by atoms with E-state index in [1.54, 1.807) is 23.1 Å². The van der Waals surface area contributed by atoms with Gasteiger partial charge in [0.2, 0.25) is 0 Å². The highest BCUT2D eigenvalue weighted by Gasteiger charge is 2.07. The predicted octanol–water partition coefficient (Wildman–Crippen LogP) is -0.0823. The van der Waals surface area contributed by atoms with Crippen molar-refractivity contribution in [1.29, 1.82) is 0 Å². The van der Waals surface area contributed by atoms with Crippen LogP contribution in [0, 0.1) is 0 Å². The fourth-order valence-corrected chi connectivity index (χ4v) is 2.60. The Labute approximate surface area is 97.7 Å². The van der Waals surface area contributed by atoms with E-state index in [1.807, 2.05) is 0 Å². The molecule has 3 aromatic heterocycles. The molecule has 0 radical (unpaired) electrons. The normalized spacial score (nSPS) is 11.1. The largest absolute Gasteiger partial charge is 0.326 e. The minimum Gasteiger partial charge on any atom is -0.298 e. The summed E-state index contributed by atoms with van der Waals surface area (Å²) in [6.07, 6.45) is 3.32. The van der Waals surface area contributed by atoms with Crippen LogP contribution in [-0.4, -0.2) is 25.0 Å². The number of rotatable bonds is 2. The van der Waals surface area contributed by atoms with E-state index in [4.69, 9.17) is 0 Å².